The summed E-state index contributed by atoms with van der Waals surface area (Å²) < 4.78 is 5.02. The Balaban J connectivity index is 2.49. The number of hydrogen-bond acceptors (Lipinski definition) is 4. The predicted molar refractivity (Wildman–Crippen MR) is 96.2 cm³/mol. The zero-order chi connectivity index (χ0) is 18.8. The molecule has 0 atom stereocenters. The maximum Gasteiger partial charge on any atom is 0.409 e. The van der Waals surface area contributed by atoms with Crippen LogP contribution in [0.4, 0.5) is 4.79 Å². The molecule has 1 fully saturated rings. The maximum absolute atomic E-state index is 12.2. The van der Waals surface area contributed by atoms with Crippen molar-refractivity contribution in [1.82, 2.24) is 14.7 Å². The van der Waals surface area contributed by atoms with Gasteiger partial charge in [0.1, 0.15) is 0 Å². The fourth-order valence-corrected chi connectivity index (χ4v) is 3.10. The average molecular weight is 355 g/mol. The second-order valence-corrected chi connectivity index (χ2v) is 6.55. The Labute approximate surface area is 151 Å². The minimum atomic E-state index is -0.289. The van der Waals surface area contributed by atoms with Crippen molar-refractivity contribution in [2.45, 2.75) is 58.9 Å². The SMILES string of the molecule is CCCCN(C)C(=O)CCN(C(C)=O)C1CCN(C(=O)OCC)CC1. The monoisotopic (exact) mass is 355 g/mol. The zero-order valence-corrected chi connectivity index (χ0v) is 16.1. The molecular weight excluding hydrogens is 322 g/mol. The van der Waals surface area contributed by atoms with E-state index in [1.165, 1.54) is 0 Å². The van der Waals surface area contributed by atoms with E-state index in [2.05, 4.69) is 6.92 Å². The van der Waals surface area contributed by atoms with E-state index in [4.69, 9.17) is 4.74 Å². The first kappa shape index (κ1) is 21.3. The quantitative estimate of drug-likeness (QED) is 0.669. The number of unbranched alkanes of at least 4 members (excludes halogenated alkanes) is 1. The van der Waals surface area contributed by atoms with Crippen molar-refractivity contribution in [2.75, 3.05) is 39.8 Å². The molecule has 0 aliphatic carbocycles. The summed E-state index contributed by atoms with van der Waals surface area (Å²) in [6, 6.07) is 0.0805. The molecule has 25 heavy (non-hydrogen) atoms. The summed E-state index contributed by atoms with van der Waals surface area (Å²) in [5.74, 6) is 0.0576. The molecule has 7 nitrogen and oxygen atoms in total. The Morgan fingerprint density at radius 2 is 1.76 bits per heavy atom. The number of nitrogens with zero attached hydrogens (tertiary/aromatic N) is 3. The molecule has 0 radical (unpaired) electrons. The number of ether oxygens (including phenoxy) is 1. The minimum Gasteiger partial charge on any atom is -0.450 e. The van der Waals surface area contributed by atoms with Crippen LogP contribution < -0.4 is 0 Å². The van der Waals surface area contributed by atoms with Gasteiger partial charge >= 0.3 is 6.09 Å². The van der Waals surface area contributed by atoms with Crippen molar-refractivity contribution in [2.24, 2.45) is 0 Å². The third-order valence-corrected chi connectivity index (χ3v) is 4.68. The largest absolute Gasteiger partial charge is 0.450 e. The molecule has 1 heterocycles. The summed E-state index contributed by atoms with van der Waals surface area (Å²) in [6.07, 6.45) is 3.54. The van der Waals surface area contributed by atoms with Crippen LogP contribution in [-0.2, 0) is 14.3 Å². The molecular formula is C18H33N3O4. The predicted octanol–water partition coefficient (Wildman–Crippen LogP) is 2.10. The topological polar surface area (TPSA) is 70.2 Å². The summed E-state index contributed by atoms with van der Waals surface area (Å²) >= 11 is 0. The van der Waals surface area contributed by atoms with E-state index in [0.29, 0.717) is 32.7 Å². The van der Waals surface area contributed by atoms with E-state index in [9.17, 15) is 14.4 Å². The number of carbonyl (C=O) groups is 3. The molecule has 0 saturated carbocycles. The van der Waals surface area contributed by atoms with E-state index < -0.39 is 0 Å². The van der Waals surface area contributed by atoms with Gasteiger partial charge < -0.3 is 19.4 Å². The molecule has 0 aromatic heterocycles. The lowest BCUT2D eigenvalue weighted by Gasteiger charge is -2.37. The Morgan fingerprint density at radius 3 is 2.28 bits per heavy atom. The lowest BCUT2D eigenvalue weighted by molar-refractivity contribution is -0.134. The molecule has 0 aromatic carbocycles. The maximum atomic E-state index is 12.2. The molecule has 1 aliphatic heterocycles. The van der Waals surface area contributed by atoms with Gasteiger partial charge in [-0.3, -0.25) is 9.59 Å². The van der Waals surface area contributed by atoms with E-state index in [1.807, 2.05) is 7.05 Å². The Morgan fingerprint density at radius 1 is 1.12 bits per heavy atom. The van der Waals surface area contributed by atoms with Gasteiger partial charge in [0.15, 0.2) is 0 Å². The standard InChI is InChI=1S/C18H33N3O4/c1-5-7-11-19(4)17(23)10-14-21(15(3)22)16-8-12-20(13-9-16)18(24)25-6-2/h16H,5-14H2,1-4H3. The molecule has 144 valence electrons. The highest BCUT2D eigenvalue weighted by Gasteiger charge is 2.29. The van der Waals surface area contributed by atoms with Gasteiger partial charge in [-0.1, -0.05) is 13.3 Å². The second-order valence-electron chi connectivity index (χ2n) is 6.55. The molecule has 1 saturated heterocycles. The van der Waals surface area contributed by atoms with E-state index in [-0.39, 0.29) is 23.9 Å². The van der Waals surface area contributed by atoms with Crippen LogP contribution in [-0.4, -0.2) is 78.5 Å². The summed E-state index contributed by atoms with van der Waals surface area (Å²) in [5.41, 5.74) is 0. The van der Waals surface area contributed by atoms with Crippen molar-refractivity contribution in [3.63, 3.8) is 0 Å². The van der Waals surface area contributed by atoms with Crippen LogP contribution in [0.5, 0.6) is 0 Å². The summed E-state index contributed by atoms with van der Waals surface area (Å²) in [6.45, 7) is 8.15. The summed E-state index contributed by atoms with van der Waals surface area (Å²) in [7, 11) is 1.81. The highest BCUT2D eigenvalue weighted by molar-refractivity contribution is 5.78. The first-order chi connectivity index (χ1) is 11.9. The molecule has 1 rings (SSSR count). The molecule has 0 aromatic rings. The number of piperidine rings is 1. The fourth-order valence-electron chi connectivity index (χ4n) is 3.10. The van der Waals surface area contributed by atoms with Gasteiger partial charge in [0.2, 0.25) is 11.8 Å². The normalized spacial score (nSPS) is 15.0. The van der Waals surface area contributed by atoms with E-state index >= 15 is 0 Å². The molecule has 7 heteroatoms. The second kappa shape index (κ2) is 10.9. The third-order valence-electron chi connectivity index (χ3n) is 4.68. The Bertz CT molecular complexity index is 448. The summed E-state index contributed by atoms with van der Waals surface area (Å²) in [4.78, 5) is 41.2. The Kier molecular flexibility index (Phi) is 9.31. The number of rotatable bonds is 8. The summed E-state index contributed by atoms with van der Waals surface area (Å²) in [5, 5.41) is 0. The Hall–Kier alpha value is -1.79. The molecule has 0 N–H and O–H groups in total. The fraction of sp³-hybridized carbons (Fsp3) is 0.833. The van der Waals surface area contributed by atoms with Gasteiger partial charge in [0.25, 0.3) is 0 Å². The van der Waals surface area contributed by atoms with Crippen molar-refractivity contribution in [1.29, 1.82) is 0 Å². The van der Waals surface area contributed by atoms with Crippen molar-refractivity contribution in [3.8, 4) is 0 Å². The molecule has 0 spiro atoms. The zero-order valence-electron chi connectivity index (χ0n) is 16.1. The smallest absolute Gasteiger partial charge is 0.409 e. The molecule has 1 aliphatic rings. The lowest BCUT2D eigenvalue weighted by atomic mass is 10.0. The van der Waals surface area contributed by atoms with Crippen molar-refractivity contribution < 1.29 is 19.1 Å². The van der Waals surface area contributed by atoms with Crippen molar-refractivity contribution in [3.05, 3.63) is 0 Å². The van der Waals surface area contributed by atoms with E-state index in [0.717, 1.165) is 32.2 Å². The van der Waals surface area contributed by atoms with Crippen molar-refractivity contribution >= 4 is 17.9 Å². The van der Waals surface area contributed by atoms with Gasteiger partial charge in [-0.2, -0.15) is 0 Å². The molecule has 0 unspecified atom stereocenters. The van der Waals surface area contributed by atoms with Crippen LogP contribution in [0.3, 0.4) is 0 Å². The van der Waals surface area contributed by atoms with Gasteiger partial charge in [0.05, 0.1) is 6.61 Å². The number of amides is 3. The number of likely N-dealkylation sites (tertiary alicyclic amines) is 1. The van der Waals surface area contributed by atoms with Crippen LogP contribution >= 0.6 is 0 Å². The number of hydrogen-bond donors (Lipinski definition) is 0. The third kappa shape index (κ3) is 6.92. The molecule has 0 bridgehead atoms. The average Bonchev–Trinajstić information content (AvgIpc) is 2.60. The van der Waals surface area contributed by atoms with Gasteiger partial charge in [-0.05, 0) is 26.2 Å². The first-order valence-corrected chi connectivity index (χ1v) is 9.33. The molecule has 3 amide bonds. The number of carbonyl (C=O) groups excluding carboxylic acids is 3. The van der Waals surface area contributed by atoms with Crippen LogP contribution in [0.1, 0.15) is 52.9 Å². The van der Waals surface area contributed by atoms with Crippen LogP contribution in [0.2, 0.25) is 0 Å². The van der Waals surface area contributed by atoms with Crippen LogP contribution in [0, 0.1) is 0 Å². The highest BCUT2D eigenvalue weighted by Crippen LogP contribution is 2.18. The van der Waals surface area contributed by atoms with E-state index in [1.54, 1.807) is 28.5 Å². The van der Waals surface area contributed by atoms with Gasteiger partial charge in [-0.15, -0.1) is 0 Å². The van der Waals surface area contributed by atoms with Crippen LogP contribution in [0.15, 0.2) is 0 Å². The van der Waals surface area contributed by atoms with Gasteiger partial charge in [0, 0.05) is 52.6 Å². The minimum absolute atomic E-state index is 0.0152. The van der Waals surface area contributed by atoms with Gasteiger partial charge in [-0.25, -0.2) is 4.79 Å². The van der Waals surface area contributed by atoms with Crippen LogP contribution in [0.25, 0.3) is 0 Å². The first-order valence-electron chi connectivity index (χ1n) is 9.33. The lowest BCUT2D eigenvalue weighted by Crippen LogP contribution is -2.49. The highest BCUT2D eigenvalue weighted by atomic mass is 16.6.